The van der Waals surface area contributed by atoms with Gasteiger partial charge in [-0.1, -0.05) is 30.3 Å². The zero-order valence-electron chi connectivity index (χ0n) is 17.9. The standard InChI is InChI=1S/C25H27N5O/c1-17-14-30(15-18(2)27-17)25-22-12-13-26-24(22)28-23(29-25)20-8-10-21(11-9-20)31-16-19-6-4-3-5-7-19/h3-13,17-18,27H,14-16H2,1-2H3,(H,26,28,29). The van der Waals surface area contributed by atoms with Crippen LogP contribution in [0, 0.1) is 0 Å². The number of anilines is 1. The molecule has 6 heteroatoms. The summed E-state index contributed by atoms with van der Waals surface area (Å²) >= 11 is 0. The summed E-state index contributed by atoms with van der Waals surface area (Å²) in [5.41, 5.74) is 2.99. The van der Waals surface area contributed by atoms with Crippen LogP contribution in [0.4, 0.5) is 5.82 Å². The summed E-state index contributed by atoms with van der Waals surface area (Å²) in [4.78, 5) is 15.4. The minimum Gasteiger partial charge on any atom is -0.489 e. The molecule has 1 aliphatic heterocycles. The van der Waals surface area contributed by atoms with Crippen LogP contribution in [0.1, 0.15) is 19.4 Å². The number of ether oxygens (including phenoxy) is 1. The Kier molecular flexibility index (Phi) is 5.30. The van der Waals surface area contributed by atoms with Crippen LogP contribution in [0.2, 0.25) is 0 Å². The van der Waals surface area contributed by atoms with Crippen LogP contribution < -0.4 is 15.0 Å². The Hall–Kier alpha value is -3.38. The normalized spacial score (nSPS) is 19.0. The summed E-state index contributed by atoms with van der Waals surface area (Å²) in [6.07, 6.45) is 1.93. The highest BCUT2D eigenvalue weighted by atomic mass is 16.5. The van der Waals surface area contributed by atoms with Crippen LogP contribution in [0.5, 0.6) is 5.75 Å². The van der Waals surface area contributed by atoms with Crippen molar-refractivity contribution >= 4 is 16.9 Å². The molecule has 1 fully saturated rings. The van der Waals surface area contributed by atoms with Gasteiger partial charge in [0.05, 0.1) is 5.39 Å². The molecule has 0 bridgehead atoms. The van der Waals surface area contributed by atoms with Gasteiger partial charge in [0.2, 0.25) is 0 Å². The fourth-order valence-electron chi connectivity index (χ4n) is 4.24. The predicted octanol–water partition coefficient (Wildman–Crippen LogP) is 4.39. The van der Waals surface area contributed by atoms with E-state index in [9.17, 15) is 0 Å². The molecule has 3 heterocycles. The molecule has 1 aliphatic rings. The Balaban J connectivity index is 1.41. The first-order valence-corrected chi connectivity index (χ1v) is 10.8. The third kappa shape index (κ3) is 4.25. The molecule has 0 radical (unpaired) electrons. The first-order valence-electron chi connectivity index (χ1n) is 10.8. The van der Waals surface area contributed by atoms with Crippen molar-refractivity contribution in [1.29, 1.82) is 0 Å². The average molecular weight is 414 g/mol. The molecule has 0 aliphatic carbocycles. The van der Waals surface area contributed by atoms with Gasteiger partial charge in [0.15, 0.2) is 5.82 Å². The number of rotatable bonds is 5. The lowest BCUT2D eigenvalue weighted by Gasteiger charge is -2.37. The second kappa shape index (κ2) is 8.40. The van der Waals surface area contributed by atoms with Crippen LogP contribution >= 0.6 is 0 Å². The average Bonchev–Trinajstić information content (AvgIpc) is 3.26. The maximum atomic E-state index is 5.92. The highest BCUT2D eigenvalue weighted by Crippen LogP contribution is 2.29. The lowest BCUT2D eigenvalue weighted by molar-refractivity contribution is 0.306. The molecule has 2 aromatic carbocycles. The first kappa shape index (κ1) is 19.6. The second-order valence-electron chi connectivity index (χ2n) is 8.28. The van der Waals surface area contributed by atoms with Gasteiger partial charge in [-0.15, -0.1) is 0 Å². The van der Waals surface area contributed by atoms with Gasteiger partial charge in [-0.3, -0.25) is 0 Å². The second-order valence-corrected chi connectivity index (χ2v) is 8.28. The van der Waals surface area contributed by atoms with Crippen molar-refractivity contribution in [3.8, 4) is 17.1 Å². The van der Waals surface area contributed by atoms with Gasteiger partial charge >= 0.3 is 0 Å². The van der Waals surface area contributed by atoms with Crippen molar-refractivity contribution in [3.05, 3.63) is 72.4 Å². The van der Waals surface area contributed by atoms with E-state index in [2.05, 4.69) is 47.2 Å². The van der Waals surface area contributed by atoms with E-state index in [4.69, 9.17) is 14.7 Å². The lowest BCUT2D eigenvalue weighted by Crippen LogP contribution is -2.54. The summed E-state index contributed by atoms with van der Waals surface area (Å²) < 4.78 is 5.92. The SMILES string of the molecule is CC1CN(c2nc(-c3ccc(OCc4ccccc4)cc3)nc3[nH]ccc23)CC(C)N1. The molecule has 0 spiro atoms. The van der Waals surface area contributed by atoms with E-state index in [-0.39, 0.29) is 0 Å². The number of piperazine rings is 1. The van der Waals surface area contributed by atoms with Gasteiger partial charge in [0.25, 0.3) is 0 Å². The molecule has 158 valence electrons. The molecule has 6 nitrogen and oxygen atoms in total. The number of nitrogens with one attached hydrogen (secondary N) is 2. The highest BCUT2D eigenvalue weighted by molar-refractivity contribution is 5.89. The Bertz CT molecular complexity index is 1150. The van der Waals surface area contributed by atoms with Gasteiger partial charge in [-0.2, -0.15) is 0 Å². The van der Waals surface area contributed by atoms with Crippen molar-refractivity contribution in [2.24, 2.45) is 0 Å². The molecule has 4 aromatic rings. The predicted molar refractivity (Wildman–Crippen MR) is 124 cm³/mol. The molecule has 2 aromatic heterocycles. The van der Waals surface area contributed by atoms with Crippen molar-refractivity contribution in [1.82, 2.24) is 20.3 Å². The van der Waals surface area contributed by atoms with E-state index < -0.39 is 0 Å². The van der Waals surface area contributed by atoms with Crippen LogP contribution in [0.15, 0.2) is 66.9 Å². The zero-order chi connectivity index (χ0) is 21.2. The number of hydrogen-bond donors (Lipinski definition) is 2. The van der Waals surface area contributed by atoms with Crippen LogP contribution in [0.25, 0.3) is 22.4 Å². The van der Waals surface area contributed by atoms with E-state index in [1.165, 1.54) is 0 Å². The fourth-order valence-corrected chi connectivity index (χ4v) is 4.24. The Morgan fingerprint density at radius 1 is 0.935 bits per heavy atom. The molecule has 0 saturated carbocycles. The smallest absolute Gasteiger partial charge is 0.163 e. The lowest BCUT2D eigenvalue weighted by atomic mass is 10.1. The van der Waals surface area contributed by atoms with Crippen molar-refractivity contribution in [2.75, 3.05) is 18.0 Å². The number of benzene rings is 2. The van der Waals surface area contributed by atoms with Crippen molar-refractivity contribution in [2.45, 2.75) is 32.5 Å². The minimum atomic E-state index is 0.414. The minimum absolute atomic E-state index is 0.414. The molecule has 2 N–H and O–H groups in total. The van der Waals surface area contributed by atoms with Gasteiger partial charge in [-0.25, -0.2) is 9.97 Å². The maximum Gasteiger partial charge on any atom is 0.163 e. The zero-order valence-corrected chi connectivity index (χ0v) is 17.9. The highest BCUT2D eigenvalue weighted by Gasteiger charge is 2.24. The van der Waals surface area contributed by atoms with E-state index in [1.807, 2.05) is 48.7 Å². The molecular formula is C25H27N5O. The Morgan fingerprint density at radius 3 is 2.42 bits per heavy atom. The fraction of sp³-hybridized carbons (Fsp3) is 0.280. The number of aromatic amines is 1. The Morgan fingerprint density at radius 2 is 1.68 bits per heavy atom. The number of H-pyrrole nitrogens is 1. The van der Waals surface area contributed by atoms with Gasteiger partial charge < -0.3 is 19.9 Å². The van der Waals surface area contributed by atoms with Crippen molar-refractivity contribution in [3.63, 3.8) is 0 Å². The van der Waals surface area contributed by atoms with E-state index in [1.54, 1.807) is 0 Å². The van der Waals surface area contributed by atoms with Crippen molar-refractivity contribution < 1.29 is 4.74 Å². The maximum absolute atomic E-state index is 5.92. The summed E-state index contributed by atoms with van der Waals surface area (Å²) in [6.45, 7) is 6.83. The van der Waals surface area contributed by atoms with Gasteiger partial charge in [0.1, 0.15) is 23.8 Å². The van der Waals surface area contributed by atoms with E-state index in [0.717, 1.165) is 52.6 Å². The summed E-state index contributed by atoms with van der Waals surface area (Å²) in [6, 6.07) is 21.1. The summed E-state index contributed by atoms with van der Waals surface area (Å²) in [5.74, 6) is 2.54. The summed E-state index contributed by atoms with van der Waals surface area (Å²) in [7, 11) is 0. The number of hydrogen-bond acceptors (Lipinski definition) is 5. The number of aromatic nitrogens is 3. The molecule has 2 atom stereocenters. The topological polar surface area (TPSA) is 66.1 Å². The number of fused-ring (bicyclic) bond motifs is 1. The Labute approximate surface area is 182 Å². The summed E-state index contributed by atoms with van der Waals surface area (Å²) in [5, 5.41) is 4.65. The van der Waals surface area contributed by atoms with E-state index >= 15 is 0 Å². The van der Waals surface area contributed by atoms with Crippen LogP contribution in [-0.2, 0) is 6.61 Å². The van der Waals surface area contributed by atoms with Crippen LogP contribution in [-0.4, -0.2) is 40.1 Å². The van der Waals surface area contributed by atoms with Crippen LogP contribution in [0.3, 0.4) is 0 Å². The van der Waals surface area contributed by atoms with E-state index in [0.29, 0.717) is 18.7 Å². The molecule has 2 unspecified atom stereocenters. The van der Waals surface area contributed by atoms with Gasteiger partial charge in [-0.05, 0) is 49.7 Å². The quantitative estimate of drug-likeness (QED) is 0.508. The molecule has 31 heavy (non-hydrogen) atoms. The molecular weight excluding hydrogens is 386 g/mol. The number of nitrogens with zero attached hydrogens (tertiary/aromatic N) is 3. The van der Waals surface area contributed by atoms with Gasteiger partial charge in [0, 0.05) is 36.9 Å². The molecule has 1 saturated heterocycles. The third-order valence-electron chi connectivity index (χ3n) is 5.61. The third-order valence-corrected chi connectivity index (χ3v) is 5.61. The molecule has 0 amide bonds. The monoisotopic (exact) mass is 413 g/mol. The first-order chi connectivity index (χ1) is 15.2. The largest absolute Gasteiger partial charge is 0.489 e. The molecule has 5 rings (SSSR count).